The first kappa shape index (κ1) is 17.8. The van der Waals surface area contributed by atoms with E-state index in [-0.39, 0.29) is 11.0 Å². The van der Waals surface area contributed by atoms with E-state index in [0.717, 1.165) is 18.5 Å². The van der Waals surface area contributed by atoms with Crippen molar-refractivity contribution in [1.29, 1.82) is 0 Å². The summed E-state index contributed by atoms with van der Waals surface area (Å²) in [5, 5.41) is 3.51. The van der Waals surface area contributed by atoms with E-state index >= 15 is 0 Å². The molecule has 108 valence electrons. The maximum absolute atomic E-state index is 3.93. The molecule has 0 aromatic carbocycles. The summed E-state index contributed by atoms with van der Waals surface area (Å²) in [5.74, 6) is 0. The minimum atomic E-state index is 0.0858. The van der Waals surface area contributed by atoms with Crippen molar-refractivity contribution in [2.45, 2.75) is 59.9 Å². The molecular formula is C18H31N. The number of nitrogens with one attached hydrogen (secondary N) is 1. The Morgan fingerprint density at radius 3 is 1.89 bits per heavy atom. The molecule has 0 fully saturated rings. The van der Waals surface area contributed by atoms with E-state index in [4.69, 9.17) is 0 Å². The maximum Gasteiger partial charge on any atom is 0.0338 e. The Hall–Kier alpha value is -1.24. The Bertz CT molecular complexity index is 367. The van der Waals surface area contributed by atoms with Crippen LogP contribution in [0.4, 0.5) is 0 Å². The summed E-state index contributed by atoms with van der Waals surface area (Å²) < 4.78 is 0. The van der Waals surface area contributed by atoms with Gasteiger partial charge in [0, 0.05) is 11.2 Å². The Balaban J connectivity index is 5.18. The molecule has 0 atom stereocenters. The number of hydrogen-bond acceptors (Lipinski definition) is 1. The first-order valence-electron chi connectivity index (χ1n) is 7.18. The largest absolute Gasteiger partial charge is 0.380 e. The van der Waals surface area contributed by atoms with Crippen LogP contribution in [0, 0.1) is 5.41 Å². The van der Waals surface area contributed by atoms with Crippen molar-refractivity contribution in [2.24, 2.45) is 5.41 Å². The highest BCUT2D eigenvalue weighted by molar-refractivity contribution is 5.32. The van der Waals surface area contributed by atoms with Crippen LogP contribution in [-0.2, 0) is 0 Å². The lowest BCUT2D eigenvalue weighted by Crippen LogP contribution is -2.37. The van der Waals surface area contributed by atoms with Crippen LogP contribution in [-0.4, -0.2) is 5.54 Å². The van der Waals surface area contributed by atoms with Crippen molar-refractivity contribution in [2.75, 3.05) is 0 Å². The van der Waals surface area contributed by atoms with Gasteiger partial charge < -0.3 is 5.32 Å². The molecule has 1 heteroatoms. The molecule has 1 N–H and O–H groups in total. The standard InChI is InChI=1S/C18H31N/c1-9-15(17(5,6)11-3)13-14-16(10-2)19-18(7,8)12-4/h9-10,13-14,19H,1-2,11-12H2,3-8H3/b15-13+,16-14+. The van der Waals surface area contributed by atoms with Gasteiger partial charge in [-0.3, -0.25) is 0 Å². The van der Waals surface area contributed by atoms with E-state index < -0.39 is 0 Å². The monoisotopic (exact) mass is 261 g/mol. The minimum absolute atomic E-state index is 0.0858. The van der Waals surface area contributed by atoms with Gasteiger partial charge in [0.05, 0.1) is 0 Å². The summed E-state index contributed by atoms with van der Waals surface area (Å²) in [7, 11) is 0. The fraction of sp³-hybridized carbons (Fsp3) is 0.556. The van der Waals surface area contributed by atoms with Crippen LogP contribution < -0.4 is 5.32 Å². The van der Waals surface area contributed by atoms with E-state index in [1.807, 2.05) is 12.2 Å². The van der Waals surface area contributed by atoms with Crippen molar-refractivity contribution < 1.29 is 0 Å². The highest BCUT2D eigenvalue weighted by Gasteiger charge is 2.18. The number of allylic oxidation sites excluding steroid dienone is 5. The van der Waals surface area contributed by atoms with Gasteiger partial charge in [-0.1, -0.05) is 53.0 Å². The fourth-order valence-corrected chi connectivity index (χ4v) is 1.59. The third-order valence-corrected chi connectivity index (χ3v) is 3.91. The summed E-state index contributed by atoms with van der Waals surface area (Å²) >= 11 is 0. The second-order valence-corrected chi connectivity index (χ2v) is 6.25. The third kappa shape index (κ3) is 5.96. The quantitative estimate of drug-likeness (QED) is 0.578. The van der Waals surface area contributed by atoms with Gasteiger partial charge in [-0.2, -0.15) is 0 Å². The first-order valence-corrected chi connectivity index (χ1v) is 7.18. The maximum atomic E-state index is 3.93. The van der Waals surface area contributed by atoms with Crippen molar-refractivity contribution in [3.8, 4) is 0 Å². The Morgan fingerprint density at radius 2 is 1.53 bits per heavy atom. The molecular weight excluding hydrogens is 230 g/mol. The SMILES string of the molecule is C=C/C(=C\C=C(/C=C)C(C)(C)CC)NC(C)(C)CC. The highest BCUT2D eigenvalue weighted by atomic mass is 15.0. The van der Waals surface area contributed by atoms with Gasteiger partial charge in [0.15, 0.2) is 0 Å². The van der Waals surface area contributed by atoms with Gasteiger partial charge >= 0.3 is 0 Å². The predicted octanol–water partition coefficient (Wildman–Crippen LogP) is 5.38. The van der Waals surface area contributed by atoms with Crippen LogP contribution in [0.2, 0.25) is 0 Å². The van der Waals surface area contributed by atoms with Crippen LogP contribution in [0.15, 0.2) is 48.7 Å². The summed E-state index contributed by atoms with van der Waals surface area (Å²) in [6, 6.07) is 0. The van der Waals surface area contributed by atoms with Crippen LogP contribution in [0.3, 0.4) is 0 Å². The van der Waals surface area contributed by atoms with E-state index in [2.05, 4.69) is 72.2 Å². The van der Waals surface area contributed by atoms with Crippen molar-refractivity contribution >= 4 is 0 Å². The molecule has 1 nitrogen and oxygen atoms in total. The Morgan fingerprint density at radius 1 is 0.947 bits per heavy atom. The molecule has 0 saturated heterocycles. The van der Waals surface area contributed by atoms with Crippen molar-refractivity contribution in [3.63, 3.8) is 0 Å². The van der Waals surface area contributed by atoms with Gasteiger partial charge in [-0.25, -0.2) is 0 Å². The summed E-state index contributed by atoms with van der Waals surface area (Å²) in [4.78, 5) is 0. The fourth-order valence-electron chi connectivity index (χ4n) is 1.59. The Labute approximate surface area is 120 Å². The molecule has 0 aliphatic heterocycles. The molecule has 0 aromatic rings. The normalized spacial score (nSPS) is 14.2. The molecule has 0 bridgehead atoms. The van der Waals surface area contributed by atoms with Crippen molar-refractivity contribution in [3.05, 3.63) is 48.7 Å². The lowest BCUT2D eigenvalue weighted by molar-refractivity contribution is 0.419. The van der Waals surface area contributed by atoms with Gasteiger partial charge in [0.1, 0.15) is 0 Å². The van der Waals surface area contributed by atoms with Gasteiger partial charge in [0.25, 0.3) is 0 Å². The summed E-state index contributed by atoms with van der Waals surface area (Å²) in [6.07, 6.45) is 10.2. The summed E-state index contributed by atoms with van der Waals surface area (Å²) in [5.41, 5.74) is 2.55. The molecule has 0 aliphatic rings. The molecule has 0 spiro atoms. The lowest BCUT2D eigenvalue weighted by atomic mass is 9.81. The second kappa shape index (κ2) is 7.37. The van der Waals surface area contributed by atoms with Crippen LogP contribution in [0.25, 0.3) is 0 Å². The summed E-state index contributed by atoms with van der Waals surface area (Å²) in [6.45, 7) is 21.1. The third-order valence-electron chi connectivity index (χ3n) is 3.91. The smallest absolute Gasteiger partial charge is 0.0338 e. The van der Waals surface area contributed by atoms with Crippen LogP contribution in [0.1, 0.15) is 54.4 Å². The lowest BCUT2D eigenvalue weighted by Gasteiger charge is -2.27. The first-order chi connectivity index (χ1) is 8.72. The average Bonchev–Trinajstić information content (AvgIpc) is 2.37. The molecule has 0 saturated carbocycles. The highest BCUT2D eigenvalue weighted by Crippen LogP contribution is 2.30. The molecule has 0 aliphatic carbocycles. The molecule has 19 heavy (non-hydrogen) atoms. The zero-order chi connectivity index (χ0) is 15.1. The van der Waals surface area contributed by atoms with Gasteiger partial charge in [-0.05, 0) is 49.8 Å². The van der Waals surface area contributed by atoms with E-state index in [0.29, 0.717) is 0 Å². The zero-order valence-corrected chi connectivity index (χ0v) is 13.6. The van der Waals surface area contributed by atoms with Gasteiger partial charge in [0.2, 0.25) is 0 Å². The van der Waals surface area contributed by atoms with Crippen LogP contribution in [0.5, 0.6) is 0 Å². The molecule has 0 rings (SSSR count). The van der Waals surface area contributed by atoms with E-state index in [9.17, 15) is 0 Å². The van der Waals surface area contributed by atoms with Crippen molar-refractivity contribution in [1.82, 2.24) is 5.32 Å². The predicted molar refractivity (Wildman–Crippen MR) is 88.1 cm³/mol. The molecule has 0 unspecified atom stereocenters. The molecule has 0 amide bonds. The molecule has 0 radical (unpaired) electrons. The van der Waals surface area contributed by atoms with Crippen LogP contribution >= 0.6 is 0 Å². The molecule has 0 aromatic heterocycles. The van der Waals surface area contributed by atoms with E-state index in [1.54, 1.807) is 0 Å². The second-order valence-electron chi connectivity index (χ2n) is 6.25. The van der Waals surface area contributed by atoms with E-state index in [1.165, 1.54) is 5.57 Å². The molecule has 0 heterocycles. The Kier molecular flexibility index (Phi) is 6.89. The number of hydrogen-bond donors (Lipinski definition) is 1. The zero-order valence-electron chi connectivity index (χ0n) is 13.6. The topological polar surface area (TPSA) is 12.0 Å². The average molecular weight is 261 g/mol. The minimum Gasteiger partial charge on any atom is -0.380 e. The number of rotatable bonds is 8. The van der Waals surface area contributed by atoms with Gasteiger partial charge in [-0.15, -0.1) is 0 Å².